The van der Waals surface area contributed by atoms with Crippen LogP contribution < -0.4 is 5.73 Å². The van der Waals surface area contributed by atoms with Gasteiger partial charge < -0.3 is 10.6 Å². The summed E-state index contributed by atoms with van der Waals surface area (Å²) in [4.78, 5) is 14.1. The van der Waals surface area contributed by atoms with Gasteiger partial charge in [0, 0.05) is 12.6 Å². The van der Waals surface area contributed by atoms with Gasteiger partial charge in [-0.1, -0.05) is 30.3 Å². The number of amides is 1. The summed E-state index contributed by atoms with van der Waals surface area (Å²) in [5.74, 6) is -0.00312. The molecule has 6 heteroatoms. The van der Waals surface area contributed by atoms with Gasteiger partial charge in [0.15, 0.2) is 9.84 Å². The maximum absolute atomic E-state index is 12.5. The smallest absolute Gasteiger partial charge is 0.244 e. The van der Waals surface area contributed by atoms with Crippen molar-refractivity contribution in [2.24, 2.45) is 5.73 Å². The number of hydrogen-bond donors (Lipinski definition) is 1. The van der Waals surface area contributed by atoms with Gasteiger partial charge >= 0.3 is 0 Å². The largest absolute Gasteiger partial charge is 0.337 e. The van der Waals surface area contributed by atoms with E-state index in [-0.39, 0.29) is 23.5 Å². The molecular weight excluding hydrogens is 276 g/mol. The van der Waals surface area contributed by atoms with Crippen LogP contribution in [0.2, 0.25) is 0 Å². The van der Waals surface area contributed by atoms with Crippen LogP contribution in [-0.2, 0) is 14.6 Å². The summed E-state index contributed by atoms with van der Waals surface area (Å²) >= 11 is 0. The highest BCUT2D eigenvalue weighted by atomic mass is 32.2. The van der Waals surface area contributed by atoms with Crippen molar-refractivity contribution >= 4 is 15.7 Å². The molecule has 2 atom stereocenters. The Labute approximate surface area is 119 Å². The molecule has 2 N–H and O–H groups in total. The van der Waals surface area contributed by atoms with E-state index in [9.17, 15) is 13.2 Å². The van der Waals surface area contributed by atoms with Crippen LogP contribution in [0, 0.1) is 0 Å². The molecule has 0 aliphatic carbocycles. The van der Waals surface area contributed by atoms with Crippen LogP contribution in [0.1, 0.15) is 24.9 Å². The molecule has 0 bridgehead atoms. The first-order chi connectivity index (χ1) is 9.44. The molecule has 0 aromatic heterocycles. The van der Waals surface area contributed by atoms with E-state index in [1.54, 1.807) is 4.90 Å². The number of hydrogen-bond acceptors (Lipinski definition) is 4. The zero-order valence-corrected chi connectivity index (χ0v) is 12.3. The number of nitrogens with zero attached hydrogens (tertiary/aromatic N) is 1. The molecule has 20 heavy (non-hydrogen) atoms. The highest BCUT2D eigenvalue weighted by Gasteiger charge is 2.35. The highest BCUT2D eigenvalue weighted by molar-refractivity contribution is 7.91. The van der Waals surface area contributed by atoms with E-state index >= 15 is 0 Å². The van der Waals surface area contributed by atoms with Gasteiger partial charge in [-0.05, 0) is 18.9 Å². The van der Waals surface area contributed by atoms with Crippen LogP contribution in [0.5, 0.6) is 0 Å². The molecule has 2 rings (SSSR count). The fourth-order valence-corrected chi connectivity index (χ4v) is 4.33. The van der Waals surface area contributed by atoms with Gasteiger partial charge in [-0.3, -0.25) is 4.79 Å². The maximum Gasteiger partial charge on any atom is 0.244 e. The summed E-state index contributed by atoms with van der Waals surface area (Å²) in [6.07, 6.45) is 0.503. The number of benzene rings is 1. The first kappa shape index (κ1) is 15.0. The summed E-state index contributed by atoms with van der Waals surface area (Å²) < 4.78 is 23.1. The molecule has 5 nitrogen and oxygen atoms in total. The fraction of sp³-hybridized carbons (Fsp3) is 0.500. The topological polar surface area (TPSA) is 80.5 Å². The Hall–Kier alpha value is -1.40. The minimum atomic E-state index is -3.01. The molecular formula is C14H20N2O3S. The van der Waals surface area contributed by atoms with Crippen molar-refractivity contribution < 1.29 is 13.2 Å². The average molecular weight is 296 g/mol. The van der Waals surface area contributed by atoms with Crippen LogP contribution >= 0.6 is 0 Å². The monoisotopic (exact) mass is 296 g/mol. The van der Waals surface area contributed by atoms with Gasteiger partial charge in [0.1, 0.15) is 6.04 Å². The lowest BCUT2D eigenvalue weighted by atomic mass is 10.1. The quantitative estimate of drug-likeness (QED) is 0.888. The summed E-state index contributed by atoms with van der Waals surface area (Å²) in [5.41, 5.74) is 6.76. The van der Waals surface area contributed by atoms with Crippen molar-refractivity contribution in [2.45, 2.75) is 25.4 Å². The van der Waals surface area contributed by atoms with Gasteiger partial charge in [0.05, 0.1) is 11.5 Å². The number of rotatable bonds is 4. The minimum Gasteiger partial charge on any atom is -0.337 e. The summed E-state index contributed by atoms with van der Waals surface area (Å²) in [5, 5.41) is 0. The van der Waals surface area contributed by atoms with Crippen LogP contribution in [0.25, 0.3) is 0 Å². The van der Waals surface area contributed by atoms with Crippen molar-refractivity contribution in [1.82, 2.24) is 4.90 Å². The summed E-state index contributed by atoms with van der Waals surface area (Å²) in [7, 11) is -3.01. The van der Waals surface area contributed by atoms with Gasteiger partial charge in [0.25, 0.3) is 0 Å². The zero-order valence-electron chi connectivity index (χ0n) is 11.5. The van der Waals surface area contributed by atoms with Crippen molar-refractivity contribution in [1.29, 1.82) is 0 Å². The second-order valence-electron chi connectivity index (χ2n) is 5.07. The molecule has 1 fully saturated rings. The van der Waals surface area contributed by atoms with E-state index in [4.69, 9.17) is 5.73 Å². The number of likely N-dealkylation sites (N-methyl/N-ethyl adjacent to an activating group) is 1. The Bertz CT molecular complexity index is 571. The lowest BCUT2D eigenvalue weighted by Gasteiger charge is -2.29. The Morgan fingerprint density at radius 3 is 2.55 bits per heavy atom. The summed E-state index contributed by atoms with van der Waals surface area (Å²) in [6, 6.07) is 8.16. The van der Waals surface area contributed by atoms with Crippen LogP contribution in [0.4, 0.5) is 0 Å². The van der Waals surface area contributed by atoms with Gasteiger partial charge in [0.2, 0.25) is 5.91 Å². The molecule has 1 amide bonds. The predicted octanol–water partition coefficient (Wildman–Crippen LogP) is 0.722. The Morgan fingerprint density at radius 1 is 1.40 bits per heavy atom. The number of sulfone groups is 1. The molecule has 0 radical (unpaired) electrons. The third-order valence-corrected chi connectivity index (χ3v) is 5.45. The second kappa shape index (κ2) is 5.93. The number of nitrogens with two attached hydrogens (primary N) is 1. The van der Waals surface area contributed by atoms with E-state index in [1.165, 1.54) is 0 Å². The Morgan fingerprint density at radius 2 is 2.05 bits per heavy atom. The van der Waals surface area contributed by atoms with Crippen LogP contribution in [0.15, 0.2) is 30.3 Å². The van der Waals surface area contributed by atoms with Crippen LogP contribution in [-0.4, -0.2) is 43.3 Å². The maximum atomic E-state index is 12.5. The molecule has 1 unspecified atom stereocenters. The van der Waals surface area contributed by atoms with Crippen LogP contribution in [0.3, 0.4) is 0 Å². The third-order valence-electron chi connectivity index (χ3n) is 3.70. The van der Waals surface area contributed by atoms with Gasteiger partial charge in [-0.2, -0.15) is 0 Å². The van der Waals surface area contributed by atoms with Crippen molar-refractivity contribution in [3.63, 3.8) is 0 Å². The van der Waals surface area contributed by atoms with E-state index in [0.29, 0.717) is 13.0 Å². The zero-order chi connectivity index (χ0) is 14.8. The number of carbonyl (C=O) groups excluding carboxylic acids is 1. The lowest BCUT2D eigenvalue weighted by Crippen LogP contribution is -2.45. The molecule has 1 aliphatic heterocycles. The molecule has 0 spiro atoms. The normalized spacial score (nSPS) is 22.4. The Kier molecular flexibility index (Phi) is 4.45. The van der Waals surface area contributed by atoms with Crippen molar-refractivity contribution in [2.75, 3.05) is 18.1 Å². The van der Waals surface area contributed by atoms with Crippen molar-refractivity contribution in [3.05, 3.63) is 35.9 Å². The molecule has 1 aliphatic rings. The fourth-order valence-electron chi connectivity index (χ4n) is 2.60. The minimum absolute atomic E-state index is 0.0497. The second-order valence-corrected chi connectivity index (χ2v) is 7.30. The standard InChI is InChI=1S/C14H20N2O3S/c1-2-16(12-8-9-20(18,19)10-12)14(17)13(15)11-6-4-3-5-7-11/h3-7,12-13H,2,8-10,15H2,1H3/t12?,13-/m0/s1. The molecule has 0 saturated carbocycles. The van der Waals surface area contributed by atoms with E-state index in [0.717, 1.165) is 5.56 Å². The van der Waals surface area contributed by atoms with Gasteiger partial charge in [-0.25, -0.2) is 8.42 Å². The SMILES string of the molecule is CCN(C(=O)[C@@H](N)c1ccccc1)C1CCS(=O)(=O)C1. The van der Waals surface area contributed by atoms with E-state index in [2.05, 4.69) is 0 Å². The average Bonchev–Trinajstić information content (AvgIpc) is 2.79. The predicted molar refractivity (Wildman–Crippen MR) is 77.8 cm³/mol. The van der Waals surface area contributed by atoms with Gasteiger partial charge in [-0.15, -0.1) is 0 Å². The lowest BCUT2D eigenvalue weighted by molar-refractivity contribution is -0.134. The van der Waals surface area contributed by atoms with E-state index in [1.807, 2.05) is 37.3 Å². The molecule has 1 saturated heterocycles. The third kappa shape index (κ3) is 3.19. The van der Waals surface area contributed by atoms with E-state index < -0.39 is 15.9 Å². The molecule has 1 aromatic rings. The van der Waals surface area contributed by atoms with Crippen molar-refractivity contribution in [3.8, 4) is 0 Å². The summed E-state index contributed by atoms with van der Waals surface area (Å²) in [6.45, 7) is 2.32. The highest BCUT2D eigenvalue weighted by Crippen LogP contribution is 2.21. The molecule has 1 heterocycles. The Balaban J connectivity index is 2.14. The first-order valence-electron chi connectivity index (χ1n) is 6.76. The number of carbonyl (C=O) groups is 1. The molecule has 110 valence electrons. The molecule has 1 aromatic carbocycles. The first-order valence-corrected chi connectivity index (χ1v) is 8.58.